The first-order valence-electron chi connectivity index (χ1n) is 4.30. The Morgan fingerprint density at radius 1 is 1.33 bits per heavy atom. The first kappa shape index (κ1) is 8.62. The van der Waals surface area contributed by atoms with Crippen LogP contribution in [-0.4, -0.2) is 39.2 Å². The van der Waals surface area contributed by atoms with Crippen molar-refractivity contribution < 1.29 is 8.76 Å². The van der Waals surface area contributed by atoms with Crippen molar-refractivity contribution >= 4 is 11.3 Å². The maximum Gasteiger partial charge on any atom is 0.0209 e. The van der Waals surface area contributed by atoms with Crippen molar-refractivity contribution in [2.45, 2.75) is 6.42 Å². The lowest BCUT2D eigenvalue weighted by atomic mass is 9.87. The average Bonchev–Trinajstić information content (AvgIpc) is 2.03. The third-order valence-electron chi connectivity index (χ3n) is 2.67. The quantitative estimate of drug-likeness (QED) is 0.556. The second-order valence-electron chi connectivity index (χ2n) is 3.69. The third-order valence-corrected chi connectivity index (χ3v) is 3.39. The fraction of sp³-hybridized carbons (Fsp3) is 1.00. The van der Waals surface area contributed by atoms with Gasteiger partial charge in [-0.2, -0.15) is 0 Å². The van der Waals surface area contributed by atoms with Gasteiger partial charge in [0.15, 0.2) is 0 Å². The summed E-state index contributed by atoms with van der Waals surface area (Å²) >= 11 is -2.01. The van der Waals surface area contributed by atoms with Gasteiger partial charge in [0, 0.05) is 24.4 Å². The van der Waals surface area contributed by atoms with E-state index in [1.165, 1.54) is 6.42 Å². The summed E-state index contributed by atoms with van der Waals surface area (Å²) in [6, 6.07) is 0. The minimum Gasteiger partial charge on any atom is -0.760 e. The van der Waals surface area contributed by atoms with Crippen molar-refractivity contribution in [2.75, 3.05) is 26.2 Å². The van der Waals surface area contributed by atoms with E-state index in [-0.39, 0.29) is 0 Å². The number of fused-ring (bicyclic) bond motifs is 2. The molecule has 0 saturated carbocycles. The average molecular weight is 189 g/mol. The Morgan fingerprint density at radius 3 is 2.42 bits per heavy atom. The molecule has 5 heteroatoms. The van der Waals surface area contributed by atoms with Gasteiger partial charge < -0.3 is 9.87 Å². The molecule has 0 spiro atoms. The molecule has 2 rings (SSSR count). The molecule has 2 bridgehead atoms. The van der Waals surface area contributed by atoms with Crippen LogP contribution in [0.3, 0.4) is 0 Å². The van der Waals surface area contributed by atoms with E-state index in [0.717, 1.165) is 13.1 Å². The van der Waals surface area contributed by atoms with Gasteiger partial charge in [0.2, 0.25) is 0 Å². The number of hydrogen-bond acceptors (Lipinski definition) is 3. The summed E-state index contributed by atoms with van der Waals surface area (Å²) in [5.41, 5.74) is 0. The van der Waals surface area contributed by atoms with Crippen molar-refractivity contribution in [1.82, 2.24) is 9.62 Å². The Morgan fingerprint density at radius 2 is 1.92 bits per heavy atom. The number of piperidine rings is 2. The van der Waals surface area contributed by atoms with Crippen molar-refractivity contribution in [2.24, 2.45) is 11.8 Å². The van der Waals surface area contributed by atoms with Gasteiger partial charge in [-0.1, -0.05) is 0 Å². The molecule has 0 aliphatic carbocycles. The molecule has 3 unspecified atom stereocenters. The molecule has 0 aromatic carbocycles. The molecule has 70 valence electrons. The zero-order valence-electron chi connectivity index (χ0n) is 6.86. The molecule has 0 radical (unpaired) electrons. The predicted octanol–water partition coefficient (Wildman–Crippen LogP) is -0.678. The van der Waals surface area contributed by atoms with E-state index in [0.29, 0.717) is 24.9 Å². The van der Waals surface area contributed by atoms with E-state index < -0.39 is 11.3 Å². The van der Waals surface area contributed by atoms with Gasteiger partial charge in [0.25, 0.3) is 0 Å². The van der Waals surface area contributed by atoms with Crippen molar-refractivity contribution in [3.63, 3.8) is 0 Å². The summed E-state index contributed by atoms with van der Waals surface area (Å²) in [5.74, 6) is 1.07. The maximum atomic E-state index is 10.7. The molecule has 2 heterocycles. The van der Waals surface area contributed by atoms with E-state index in [2.05, 4.69) is 5.32 Å². The van der Waals surface area contributed by atoms with Crippen LogP contribution >= 0.6 is 0 Å². The molecule has 12 heavy (non-hydrogen) atoms. The Kier molecular flexibility index (Phi) is 2.45. The molecule has 3 atom stereocenters. The summed E-state index contributed by atoms with van der Waals surface area (Å²) in [7, 11) is 0. The van der Waals surface area contributed by atoms with Crippen molar-refractivity contribution in [1.29, 1.82) is 0 Å². The third kappa shape index (κ3) is 1.69. The molecule has 0 amide bonds. The van der Waals surface area contributed by atoms with E-state index in [4.69, 9.17) is 0 Å². The Labute approximate surface area is 74.7 Å². The normalized spacial score (nSPS) is 39.4. The summed E-state index contributed by atoms with van der Waals surface area (Å²) in [4.78, 5) is 0. The monoisotopic (exact) mass is 189 g/mol. The molecule has 2 fully saturated rings. The molecule has 2 aliphatic heterocycles. The second kappa shape index (κ2) is 3.41. The number of nitrogens with one attached hydrogen (secondary N) is 1. The second-order valence-corrected chi connectivity index (χ2v) is 4.64. The van der Waals surface area contributed by atoms with E-state index in [9.17, 15) is 8.76 Å². The molecule has 0 aromatic rings. The molecule has 1 N–H and O–H groups in total. The Hall–Kier alpha value is 0.0300. The summed E-state index contributed by atoms with van der Waals surface area (Å²) < 4.78 is 22.9. The van der Waals surface area contributed by atoms with Gasteiger partial charge in [-0.05, 0) is 31.3 Å². The Balaban J connectivity index is 2.00. The first-order valence-corrected chi connectivity index (χ1v) is 5.34. The van der Waals surface area contributed by atoms with Crippen LogP contribution in [0.25, 0.3) is 0 Å². The minimum absolute atomic E-state index is 0.537. The first-order chi connectivity index (χ1) is 5.75. The summed E-state index contributed by atoms with van der Waals surface area (Å²) in [6.45, 7) is 3.37. The van der Waals surface area contributed by atoms with Crippen LogP contribution in [0.5, 0.6) is 0 Å². The van der Waals surface area contributed by atoms with Crippen LogP contribution in [0, 0.1) is 11.8 Å². The SMILES string of the molecule is O=S([O-])N1CC2CNCC(C2)C1. The molecule has 2 aliphatic rings. The maximum absolute atomic E-state index is 10.7. The Bertz CT molecular complexity index is 188. The molecule has 4 nitrogen and oxygen atoms in total. The van der Waals surface area contributed by atoms with Gasteiger partial charge in [-0.15, -0.1) is 0 Å². The number of nitrogens with zero attached hydrogens (tertiary/aromatic N) is 1. The van der Waals surface area contributed by atoms with Crippen LogP contribution in [0.4, 0.5) is 0 Å². The predicted molar refractivity (Wildman–Crippen MR) is 45.0 cm³/mol. The van der Waals surface area contributed by atoms with Crippen LogP contribution in [0.15, 0.2) is 0 Å². The molecular formula is C7H13N2O2S-. The molecule has 2 saturated heterocycles. The van der Waals surface area contributed by atoms with Crippen molar-refractivity contribution in [3.05, 3.63) is 0 Å². The smallest absolute Gasteiger partial charge is 0.0209 e. The van der Waals surface area contributed by atoms with Crippen LogP contribution < -0.4 is 5.32 Å². The van der Waals surface area contributed by atoms with E-state index in [1.54, 1.807) is 4.31 Å². The van der Waals surface area contributed by atoms with E-state index >= 15 is 0 Å². The zero-order chi connectivity index (χ0) is 8.55. The lowest BCUT2D eigenvalue weighted by Crippen LogP contribution is -2.51. The summed E-state index contributed by atoms with van der Waals surface area (Å²) in [6.07, 6.45) is 1.20. The minimum atomic E-state index is -2.01. The van der Waals surface area contributed by atoms with Gasteiger partial charge >= 0.3 is 0 Å². The highest BCUT2D eigenvalue weighted by Crippen LogP contribution is 2.24. The topological polar surface area (TPSA) is 55.4 Å². The molecule has 0 aromatic heterocycles. The fourth-order valence-electron chi connectivity index (χ4n) is 2.18. The van der Waals surface area contributed by atoms with Gasteiger partial charge in [0.1, 0.15) is 0 Å². The zero-order valence-corrected chi connectivity index (χ0v) is 7.68. The van der Waals surface area contributed by atoms with Crippen molar-refractivity contribution in [3.8, 4) is 0 Å². The standard InChI is InChI=1S/C7H14N2O2S/c10-12(11)9-4-6-1-7(5-9)3-8-2-6/h6-8H,1-5H2,(H,10,11)/p-1. The lowest BCUT2D eigenvalue weighted by molar-refractivity contribution is 0.156. The van der Waals surface area contributed by atoms with Crippen LogP contribution in [-0.2, 0) is 11.3 Å². The highest BCUT2D eigenvalue weighted by atomic mass is 32.2. The van der Waals surface area contributed by atoms with Crippen LogP contribution in [0.2, 0.25) is 0 Å². The van der Waals surface area contributed by atoms with Gasteiger partial charge in [-0.25, -0.2) is 4.31 Å². The number of hydrogen-bond donors (Lipinski definition) is 1. The van der Waals surface area contributed by atoms with Crippen LogP contribution in [0.1, 0.15) is 6.42 Å². The number of rotatable bonds is 1. The lowest BCUT2D eigenvalue weighted by Gasteiger charge is -2.41. The largest absolute Gasteiger partial charge is 0.760 e. The fourth-order valence-corrected chi connectivity index (χ4v) is 2.85. The summed E-state index contributed by atoms with van der Waals surface area (Å²) in [5, 5.41) is 3.32. The highest BCUT2D eigenvalue weighted by Gasteiger charge is 2.30. The van der Waals surface area contributed by atoms with E-state index in [1.807, 2.05) is 0 Å². The van der Waals surface area contributed by atoms with Gasteiger partial charge in [-0.3, -0.25) is 4.21 Å². The molecular weight excluding hydrogens is 176 g/mol. The van der Waals surface area contributed by atoms with Gasteiger partial charge in [0.05, 0.1) is 0 Å². The highest BCUT2D eigenvalue weighted by molar-refractivity contribution is 7.76.